The molecule has 0 aliphatic carbocycles. The van der Waals surface area contributed by atoms with E-state index in [4.69, 9.17) is 10.00 Å². The molecule has 0 heterocycles. The van der Waals surface area contributed by atoms with E-state index in [-0.39, 0.29) is 5.92 Å². The third kappa shape index (κ3) is 6.56. The molecule has 0 saturated carbocycles. The van der Waals surface area contributed by atoms with Gasteiger partial charge in [-0.15, -0.1) is 0 Å². The van der Waals surface area contributed by atoms with Crippen molar-refractivity contribution in [3.8, 4) is 6.07 Å². The van der Waals surface area contributed by atoms with Crippen molar-refractivity contribution >= 4 is 0 Å². The van der Waals surface area contributed by atoms with Crippen LogP contribution in [-0.4, -0.2) is 37.7 Å². The third-order valence-corrected chi connectivity index (χ3v) is 1.96. The highest BCUT2D eigenvalue weighted by Crippen LogP contribution is 1.97. The highest BCUT2D eigenvalue weighted by Gasteiger charge is 2.06. The SMILES string of the molecule is CCOCCN(CC)CC(C)C#N. The summed E-state index contributed by atoms with van der Waals surface area (Å²) in [6.07, 6.45) is 0. The molecule has 3 nitrogen and oxygen atoms in total. The average molecular weight is 184 g/mol. The van der Waals surface area contributed by atoms with Crippen LogP contribution in [-0.2, 0) is 4.74 Å². The lowest BCUT2D eigenvalue weighted by Gasteiger charge is -2.20. The minimum Gasteiger partial charge on any atom is -0.380 e. The Morgan fingerprint density at radius 3 is 2.62 bits per heavy atom. The van der Waals surface area contributed by atoms with Crippen LogP contribution >= 0.6 is 0 Å². The predicted octanol–water partition coefficient (Wildman–Crippen LogP) is 1.50. The number of hydrogen-bond donors (Lipinski definition) is 0. The second kappa shape index (κ2) is 8.03. The van der Waals surface area contributed by atoms with Gasteiger partial charge in [0.25, 0.3) is 0 Å². The van der Waals surface area contributed by atoms with Gasteiger partial charge in [0.05, 0.1) is 18.6 Å². The second-order valence-electron chi connectivity index (χ2n) is 3.12. The second-order valence-corrected chi connectivity index (χ2v) is 3.12. The lowest BCUT2D eigenvalue weighted by molar-refractivity contribution is 0.112. The highest BCUT2D eigenvalue weighted by atomic mass is 16.5. The van der Waals surface area contributed by atoms with Crippen LogP contribution in [0, 0.1) is 17.2 Å². The zero-order valence-electron chi connectivity index (χ0n) is 8.92. The fraction of sp³-hybridized carbons (Fsp3) is 0.900. The molecule has 0 amide bonds. The maximum absolute atomic E-state index is 8.64. The molecule has 0 aromatic rings. The van der Waals surface area contributed by atoms with E-state index < -0.39 is 0 Å². The van der Waals surface area contributed by atoms with Gasteiger partial charge < -0.3 is 9.64 Å². The van der Waals surface area contributed by atoms with Crippen molar-refractivity contribution < 1.29 is 4.74 Å². The molecule has 3 heteroatoms. The Morgan fingerprint density at radius 2 is 2.15 bits per heavy atom. The van der Waals surface area contributed by atoms with Gasteiger partial charge in [0.2, 0.25) is 0 Å². The quantitative estimate of drug-likeness (QED) is 0.563. The Kier molecular flexibility index (Phi) is 7.66. The summed E-state index contributed by atoms with van der Waals surface area (Å²) in [6.45, 7) is 10.3. The smallest absolute Gasteiger partial charge is 0.0666 e. The van der Waals surface area contributed by atoms with Gasteiger partial charge in [-0.1, -0.05) is 6.92 Å². The summed E-state index contributed by atoms with van der Waals surface area (Å²) in [6, 6.07) is 2.24. The number of nitrogens with zero attached hydrogens (tertiary/aromatic N) is 2. The van der Waals surface area contributed by atoms with E-state index in [0.29, 0.717) is 0 Å². The summed E-state index contributed by atoms with van der Waals surface area (Å²) in [5, 5.41) is 8.64. The lowest BCUT2D eigenvalue weighted by atomic mass is 10.2. The monoisotopic (exact) mass is 184 g/mol. The Hall–Kier alpha value is -0.590. The van der Waals surface area contributed by atoms with Crippen molar-refractivity contribution in [3.63, 3.8) is 0 Å². The minimum absolute atomic E-state index is 0.113. The molecule has 0 fully saturated rings. The normalized spacial score (nSPS) is 12.8. The van der Waals surface area contributed by atoms with E-state index >= 15 is 0 Å². The zero-order valence-corrected chi connectivity index (χ0v) is 8.92. The molecule has 1 unspecified atom stereocenters. The van der Waals surface area contributed by atoms with Crippen molar-refractivity contribution in [1.82, 2.24) is 4.90 Å². The molecule has 0 N–H and O–H groups in total. The average Bonchev–Trinajstić information content (AvgIpc) is 2.16. The molecule has 0 spiro atoms. The first kappa shape index (κ1) is 12.4. The molecule has 1 atom stereocenters. The van der Waals surface area contributed by atoms with Crippen LogP contribution in [0.25, 0.3) is 0 Å². The summed E-state index contributed by atoms with van der Waals surface area (Å²) in [5.74, 6) is 0.113. The van der Waals surface area contributed by atoms with E-state index in [1.165, 1.54) is 0 Å². The summed E-state index contributed by atoms with van der Waals surface area (Å²) in [5.41, 5.74) is 0. The van der Waals surface area contributed by atoms with Gasteiger partial charge in [-0.3, -0.25) is 0 Å². The number of ether oxygens (including phenoxy) is 1. The Morgan fingerprint density at radius 1 is 1.46 bits per heavy atom. The van der Waals surface area contributed by atoms with Crippen LogP contribution in [0.4, 0.5) is 0 Å². The van der Waals surface area contributed by atoms with Crippen LogP contribution in [0.1, 0.15) is 20.8 Å². The minimum atomic E-state index is 0.113. The number of nitriles is 1. The van der Waals surface area contributed by atoms with Gasteiger partial charge in [0, 0.05) is 19.7 Å². The first-order chi connectivity index (χ1) is 6.24. The molecule has 0 saturated heterocycles. The summed E-state index contributed by atoms with van der Waals surface area (Å²) in [4.78, 5) is 2.24. The molecule has 0 rings (SSSR count). The van der Waals surface area contributed by atoms with Crippen LogP contribution in [0.15, 0.2) is 0 Å². The maximum Gasteiger partial charge on any atom is 0.0666 e. The van der Waals surface area contributed by atoms with Crippen LogP contribution in [0.2, 0.25) is 0 Å². The molecule has 76 valence electrons. The van der Waals surface area contributed by atoms with Gasteiger partial charge >= 0.3 is 0 Å². The van der Waals surface area contributed by atoms with E-state index in [1.807, 2.05) is 13.8 Å². The summed E-state index contributed by atoms with van der Waals surface area (Å²) < 4.78 is 5.26. The molecular weight excluding hydrogens is 164 g/mol. The Balaban J connectivity index is 3.58. The summed E-state index contributed by atoms with van der Waals surface area (Å²) in [7, 11) is 0. The Bertz CT molecular complexity index is 153. The van der Waals surface area contributed by atoms with E-state index in [1.54, 1.807) is 0 Å². The number of hydrogen-bond acceptors (Lipinski definition) is 3. The standard InChI is InChI=1S/C10H20N2O/c1-4-12(6-7-13-5-2)9-10(3)8-11/h10H,4-7,9H2,1-3H3. The number of rotatable bonds is 7. The van der Waals surface area contributed by atoms with Crippen LogP contribution in [0.3, 0.4) is 0 Å². The van der Waals surface area contributed by atoms with Crippen molar-refractivity contribution in [2.45, 2.75) is 20.8 Å². The molecule has 0 aromatic heterocycles. The van der Waals surface area contributed by atoms with Crippen molar-refractivity contribution in [1.29, 1.82) is 5.26 Å². The van der Waals surface area contributed by atoms with E-state index in [9.17, 15) is 0 Å². The molecule has 0 radical (unpaired) electrons. The van der Waals surface area contributed by atoms with Gasteiger partial charge in [-0.05, 0) is 20.4 Å². The van der Waals surface area contributed by atoms with Crippen molar-refractivity contribution in [3.05, 3.63) is 0 Å². The maximum atomic E-state index is 8.64. The third-order valence-electron chi connectivity index (χ3n) is 1.96. The van der Waals surface area contributed by atoms with Gasteiger partial charge in [-0.2, -0.15) is 5.26 Å². The lowest BCUT2D eigenvalue weighted by Crippen LogP contribution is -2.31. The zero-order chi connectivity index (χ0) is 10.1. The topological polar surface area (TPSA) is 36.3 Å². The summed E-state index contributed by atoms with van der Waals surface area (Å²) >= 11 is 0. The Labute approximate surface area is 81.3 Å². The molecule has 0 aliphatic rings. The molecule has 0 aromatic carbocycles. The van der Waals surface area contributed by atoms with Gasteiger partial charge in [-0.25, -0.2) is 0 Å². The van der Waals surface area contributed by atoms with Crippen molar-refractivity contribution in [2.75, 3.05) is 32.8 Å². The number of likely N-dealkylation sites (N-methyl/N-ethyl adjacent to an activating group) is 1. The highest BCUT2D eigenvalue weighted by molar-refractivity contribution is 4.81. The molecule has 13 heavy (non-hydrogen) atoms. The predicted molar refractivity (Wildman–Crippen MR) is 53.4 cm³/mol. The first-order valence-corrected chi connectivity index (χ1v) is 4.94. The van der Waals surface area contributed by atoms with Gasteiger partial charge in [0.1, 0.15) is 0 Å². The fourth-order valence-electron chi connectivity index (χ4n) is 1.14. The van der Waals surface area contributed by atoms with Crippen molar-refractivity contribution in [2.24, 2.45) is 5.92 Å². The molecule has 0 aliphatic heterocycles. The first-order valence-electron chi connectivity index (χ1n) is 4.94. The molecular formula is C10H20N2O. The fourth-order valence-corrected chi connectivity index (χ4v) is 1.14. The van der Waals surface area contributed by atoms with E-state index in [2.05, 4.69) is 17.9 Å². The van der Waals surface area contributed by atoms with Gasteiger partial charge in [0.15, 0.2) is 0 Å². The van der Waals surface area contributed by atoms with Crippen LogP contribution < -0.4 is 0 Å². The van der Waals surface area contributed by atoms with E-state index in [0.717, 1.165) is 32.8 Å². The largest absolute Gasteiger partial charge is 0.380 e. The molecule has 0 bridgehead atoms. The van der Waals surface area contributed by atoms with Crippen LogP contribution in [0.5, 0.6) is 0 Å².